The standard InChI is InChI=1S/C21H26BrNO3/c1-4-19(22)16(3)12-13-23(15-17-10-11-17)26-20-9-7-6-8-18(20)14-21(24)25-5-2/h4,6-9,12-13,17H,3,5,10-11,14-15H2,1-2H3/b13-12-,19-4+. The van der Waals surface area contributed by atoms with Gasteiger partial charge in [0.05, 0.1) is 19.6 Å². The fourth-order valence-corrected chi connectivity index (χ4v) is 2.49. The van der Waals surface area contributed by atoms with E-state index in [1.54, 1.807) is 6.92 Å². The number of allylic oxidation sites excluding steroid dienone is 4. The molecule has 1 saturated carbocycles. The molecule has 1 aromatic rings. The summed E-state index contributed by atoms with van der Waals surface area (Å²) in [5.74, 6) is 1.06. The number of hydrogen-bond acceptors (Lipinski definition) is 4. The number of carbonyl (C=O) groups is 1. The molecule has 1 aromatic carbocycles. The van der Waals surface area contributed by atoms with Gasteiger partial charge in [-0.15, -0.1) is 0 Å². The maximum atomic E-state index is 11.8. The largest absolute Gasteiger partial charge is 0.466 e. The van der Waals surface area contributed by atoms with Crippen LogP contribution in [0.15, 0.2) is 59.3 Å². The van der Waals surface area contributed by atoms with E-state index in [9.17, 15) is 4.79 Å². The van der Waals surface area contributed by atoms with Gasteiger partial charge in [0.2, 0.25) is 0 Å². The Kier molecular flexibility index (Phi) is 7.98. The van der Waals surface area contributed by atoms with Crippen LogP contribution in [0.3, 0.4) is 0 Å². The molecular weight excluding hydrogens is 394 g/mol. The van der Waals surface area contributed by atoms with Gasteiger partial charge in [0.25, 0.3) is 0 Å². The molecule has 0 spiro atoms. The Balaban J connectivity index is 2.11. The van der Waals surface area contributed by atoms with Gasteiger partial charge in [-0.3, -0.25) is 4.79 Å². The Labute approximate surface area is 164 Å². The normalized spacial score (nSPS) is 14.3. The van der Waals surface area contributed by atoms with Gasteiger partial charge in [0.1, 0.15) is 0 Å². The SMILES string of the molecule is C=C(/C=C\N(CC1CC1)Oc1ccccc1CC(=O)OCC)/C(Br)=C\C. The van der Waals surface area contributed by atoms with E-state index in [0.717, 1.165) is 22.2 Å². The van der Waals surface area contributed by atoms with E-state index in [0.29, 0.717) is 18.3 Å². The number of rotatable bonds is 10. The van der Waals surface area contributed by atoms with Crippen LogP contribution >= 0.6 is 15.9 Å². The third-order valence-corrected chi connectivity index (χ3v) is 4.93. The second kappa shape index (κ2) is 10.2. The molecule has 0 N–H and O–H groups in total. The monoisotopic (exact) mass is 419 g/mol. The van der Waals surface area contributed by atoms with Crippen molar-refractivity contribution in [2.45, 2.75) is 33.1 Å². The summed E-state index contributed by atoms with van der Waals surface area (Å²) in [5, 5.41) is 1.82. The summed E-state index contributed by atoms with van der Waals surface area (Å²) in [6.07, 6.45) is 8.40. The molecule has 1 aliphatic rings. The molecule has 0 unspecified atom stereocenters. The van der Waals surface area contributed by atoms with Gasteiger partial charge in [0, 0.05) is 16.2 Å². The number of esters is 1. The topological polar surface area (TPSA) is 38.8 Å². The molecule has 5 heteroatoms. The van der Waals surface area contributed by atoms with Crippen molar-refractivity contribution in [3.63, 3.8) is 0 Å². The van der Waals surface area contributed by atoms with Crippen LogP contribution in [0.2, 0.25) is 0 Å². The first-order valence-electron chi connectivity index (χ1n) is 8.90. The van der Waals surface area contributed by atoms with E-state index in [-0.39, 0.29) is 12.4 Å². The van der Waals surface area contributed by atoms with Crippen LogP contribution in [0.4, 0.5) is 0 Å². The van der Waals surface area contributed by atoms with Crippen LogP contribution in [0.25, 0.3) is 0 Å². The van der Waals surface area contributed by atoms with Crippen molar-refractivity contribution in [3.05, 3.63) is 64.8 Å². The molecule has 1 fully saturated rings. The number of benzene rings is 1. The third kappa shape index (κ3) is 6.71. The van der Waals surface area contributed by atoms with E-state index < -0.39 is 0 Å². The van der Waals surface area contributed by atoms with Gasteiger partial charge in [-0.25, -0.2) is 5.06 Å². The molecule has 0 bridgehead atoms. The molecule has 4 nitrogen and oxygen atoms in total. The zero-order valence-corrected chi connectivity index (χ0v) is 17.0. The van der Waals surface area contributed by atoms with Gasteiger partial charge in [-0.05, 0) is 50.3 Å². The van der Waals surface area contributed by atoms with Crippen LogP contribution in [0.1, 0.15) is 32.3 Å². The molecule has 0 aromatic heterocycles. The van der Waals surface area contributed by atoms with Crippen molar-refractivity contribution in [1.29, 1.82) is 0 Å². The van der Waals surface area contributed by atoms with Gasteiger partial charge in [0.15, 0.2) is 5.75 Å². The lowest BCUT2D eigenvalue weighted by atomic mass is 10.1. The first-order chi connectivity index (χ1) is 12.5. The summed E-state index contributed by atoms with van der Waals surface area (Å²) >= 11 is 3.48. The predicted molar refractivity (Wildman–Crippen MR) is 108 cm³/mol. The average Bonchev–Trinajstić information content (AvgIpc) is 3.44. The molecule has 1 aliphatic carbocycles. The Hall–Kier alpha value is -2.01. The summed E-state index contributed by atoms with van der Waals surface area (Å²) in [6, 6.07) is 7.56. The zero-order valence-electron chi connectivity index (χ0n) is 15.4. The molecule has 0 heterocycles. The smallest absolute Gasteiger partial charge is 0.310 e. The molecule has 0 atom stereocenters. The minimum Gasteiger partial charge on any atom is -0.466 e. The maximum Gasteiger partial charge on any atom is 0.310 e. The third-order valence-electron chi connectivity index (χ3n) is 3.97. The highest BCUT2D eigenvalue weighted by atomic mass is 79.9. The summed E-state index contributed by atoms with van der Waals surface area (Å²) in [6.45, 7) is 8.97. The van der Waals surface area contributed by atoms with Gasteiger partial charge >= 0.3 is 5.97 Å². The first-order valence-corrected chi connectivity index (χ1v) is 9.70. The number of nitrogens with zero attached hydrogens (tertiary/aromatic N) is 1. The maximum absolute atomic E-state index is 11.8. The molecule has 2 rings (SSSR count). The lowest BCUT2D eigenvalue weighted by molar-refractivity contribution is -0.142. The minimum atomic E-state index is -0.252. The Morgan fingerprint density at radius 3 is 2.77 bits per heavy atom. The summed E-state index contributed by atoms with van der Waals surface area (Å²) < 4.78 is 6.00. The van der Waals surface area contributed by atoms with Crippen molar-refractivity contribution in [1.82, 2.24) is 5.06 Å². The Bertz CT molecular complexity index is 692. The fourth-order valence-electron chi connectivity index (χ4n) is 2.35. The number of ether oxygens (including phenoxy) is 1. The number of hydroxylamine groups is 2. The first kappa shape index (κ1) is 20.3. The second-order valence-corrected chi connectivity index (χ2v) is 7.06. The van der Waals surface area contributed by atoms with Crippen LogP contribution in [-0.4, -0.2) is 24.2 Å². The van der Waals surface area contributed by atoms with Crippen LogP contribution in [0, 0.1) is 5.92 Å². The summed E-state index contributed by atoms with van der Waals surface area (Å²) in [7, 11) is 0. The average molecular weight is 420 g/mol. The lowest BCUT2D eigenvalue weighted by Gasteiger charge is -2.22. The predicted octanol–water partition coefficient (Wildman–Crippen LogP) is 5.17. The van der Waals surface area contributed by atoms with E-state index in [4.69, 9.17) is 9.57 Å². The van der Waals surface area contributed by atoms with Crippen molar-refractivity contribution in [3.8, 4) is 5.75 Å². The van der Waals surface area contributed by atoms with Gasteiger partial charge < -0.3 is 9.57 Å². The summed E-state index contributed by atoms with van der Waals surface area (Å²) in [4.78, 5) is 17.9. The quantitative estimate of drug-likeness (QED) is 0.298. The highest BCUT2D eigenvalue weighted by Gasteiger charge is 2.24. The van der Waals surface area contributed by atoms with Crippen molar-refractivity contribution in [2.24, 2.45) is 5.92 Å². The van der Waals surface area contributed by atoms with Crippen LogP contribution in [-0.2, 0) is 16.0 Å². The Morgan fingerprint density at radius 2 is 2.12 bits per heavy atom. The number of hydrogen-bond donors (Lipinski definition) is 0. The Morgan fingerprint density at radius 1 is 1.38 bits per heavy atom. The van der Waals surface area contributed by atoms with Gasteiger partial charge in [-0.2, -0.15) is 0 Å². The van der Waals surface area contributed by atoms with E-state index in [1.807, 2.05) is 54.6 Å². The van der Waals surface area contributed by atoms with Crippen molar-refractivity contribution < 1.29 is 14.4 Å². The van der Waals surface area contributed by atoms with Crippen LogP contribution < -0.4 is 4.84 Å². The van der Waals surface area contributed by atoms with Crippen molar-refractivity contribution >= 4 is 21.9 Å². The fraction of sp³-hybridized carbons (Fsp3) is 0.381. The van der Waals surface area contributed by atoms with E-state index >= 15 is 0 Å². The molecule has 0 amide bonds. The molecule has 0 aliphatic heterocycles. The van der Waals surface area contributed by atoms with Gasteiger partial charge in [-0.1, -0.05) is 46.8 Å². The molecular formula is C21H26BrNO3. The van der Waals surface area contributed by atoms with E-state index in [1.165, 1.54) is 12.8 Å². The number of carbonyl (C=O) groups excluding carboxylic acids is 1. The summed E-state index contributed by atoms with van der Waals surface area (Å²) in [5.41, 5.74) is 1.69. The van der Waals surface area contributed by atoms with Crippen LogP contribution in [0.5, 0.6) is 5.75 Å². The molecule has 140 valence electrons. The second-order valence-electron chi connectivity index (χ2n) is 6.20. The minimum absolute atomic E-state index is 0.196. The van der Waals surface area contributed by atoms with Crippen molar-refractivity contribution in [2.75, 3.05) is 13.2 Å². The number of para-hydroxylation sites is 1. The lowest BCUT2D eigenvalue weighted by Crippen LogP contribution is -2.25. The molecule has 26 heavy (non-hydrogen) atoms. The van der Waals surface area contributed by atoms with E-state index in [2.05, 4.69) is 22.5 Å². The molecule has 0 saturated heterocycles. The highest BCUT2D eigenvalue weighted by Crippen LogP contribution is 2.31. The number of halogens is 1. The molecule has 0 radical (unpaired) electrons. The zero-order chi connectivity index (χ0) is 18.9. The highest BCUT2D eigenvalue weighted by molar-refractivity contribution is 9.12.